The van der Waals surface area contributed by atoms with Crippen molar-refractivity contribution in [2.45, 2.75) is 64.5 Å². The van der Waals surface area contributed by atoms with Crippen LogP contribution < -0.4 is 5.32 Å². The van der Waals surface area contributed by atoms with Gasteiger partial charge in [0.05, 0.1) is 0 Å². The molecule has 0 aliphatic heterocycles. The van der Waals surface area contributed by atoms with Crippen molar-refractivity contribution in [3.63, 3.8) is 0 Å². The minimum absolute atomic E-state index is 0.609. The van der Waals surface area contributed by atoms with Gasteiger partial charge in [0, 0.05) is 12.1 Å². The number of hydrogen-bond donors (Lipinski definition) is 1. The van der Waals surface area contributed by atoms with Crippen LogP contribution >= 0.6 is 0 Å². The molecule has 14 heavy (non-hydrogen) atoms. The zero-order valence-corrected chi connectivity index (χ0v) is 9.76. The molecule has 0 aromatic carbocycles. The molecule has 0 amide bonds. The second kappa shape index (κ2) is 6.23. The maximum absolute atomic E-state index is 3.78. The van der Waals surface area contributed by atoms with Crippen molar-refractivity contribution in [1.29, 1.82) is 0 Å². The number of hydrogen-bond acceptors (Lipinski definition) is 1. The Bertz CT molecular complexity index is 165. The lowest BCUT2D eigenvalue weighted by Crippen LogP contribution is -2.34. The lowest BCUT2D eigenvalue weighted by molar-refractivity contribution is 0.424. The van der Waals surface area contributed by atoms with E-state index in [4.69, 9.17) is 0 Å². The number of rotatable bonds is 6. The van der Waals surface area contributed by atoms with Crippen LogP contribution in [0.2, 0.25) is 0 Å². The van der Waals surface area contributed by atoms with Crippen molar-refractivity contribution >= 4 is 0 Å². The summed E-state index contributed by atoms with van der Waals surface area (Å²) >= 11 is 0. The molecule has 3 unspecified atom stereocenters. The van der Waals surface area contributed by atoms with Crippen molar-refractivity contribution in [2.24, 2.45) is 5.92 Å². The molecule has 0 aromatic rings. The topological polar surface area (TPSA) is 12.0 Å². The fourth-order valence-corrected chi connectivity index (χ4v) is 2.62. The molecular formula is C13H25N. The maximum Gasteiger partial charge on any atom is 0.00757 e. The highest BCUT2D eigenvalue weighted by Crippen LogP contribution is 2.29. The van der Waals surface area contributed by atoms with Crippen LogP contribution in [0, 0.1) is 5.92 Å². The Balaban J connectivity index is 2.18. The first-order valence-corrected chi connectivity index (χ1v) is 6.13. The van der Waals surface area contributed by atoms with Crippen LogP contribution in [0.5, 0.6) is 0 Å². The van der Waals surface area contributed by atoms with E-state index in [2.05, 4.69) is 25.7 Å². The highest BCUT2D eigenvalue weighted by Gasteiger charge is 2.24. The normalized spacial score (nSPS) is 29.0. The molecular weight excluding hydrogens is 170 g/mol. The summed E-state index contributed by atoms with van der Waals surface area (Å²) in [5.74, 6) is 0.994. The van der Waals surface area contributed by atoms with Gasteiger partial charge in [-0.2, -0.15) is 0 Å². The zero-order valence-electron chi connectivity index (χ0n) is 9.76. The minimum Gasteiger partial charge on any atom is -0.311 e. The van der Waals surface area contributed by atoms with Gasteiger partial charge in [0.25, 0.3) is 0 Å². The molecule has 1 heteroatoms. The highest BCUT2D eigenvalue weighted by molar-refractivity contribution is 4.84. The predicted octanol–water partition coefficient (Wildman–Crippen LogP) is 3.51. The van der Waals surface area contributed by atoms with E-state index in [1.54, 1.807) is 0 Å². The number of nitrogens with one attached hydrogen (secondary N) is 1. The van der Waals surface area contributed by atoms with Gasteiger partial charge in [-0.3, -0.25) is 0 Å². The van der Waals surface area contributed by atoms with Crippen LogP contribution in [0.15, 0.2) is 12.7 Å². The third kappa shape index (κ3) is 3.83. The smallest absolute Gasteiger partial charge is 0.00757 e. The molecule has 3 atom stereocenters. The van der Waals surface area contributed by atoms with E-state index >= 15 is 0 Å². The Hall–Kier alpha value is -0.300. The molecule has 0 radical (unpaired) electrons. The van der Waals surface area contributed by atoms with Crippen molar-refractivity contribution in [3.05, 3.63) is 12.7 Å². The van der Waals surface area contributed by atoms with Crippen LogP contribution in [0.4, 0.5) is 0 Å². The Morgan fingerprint density at radius 2 is 2.29 bits per heavy atom. The fraction of sp³-hybridized carbons (Fsp3) is 0.846. The maximum atomic E-state index is 3.78. The lowest BCUT2D eigenvalue weighted by Gasteiger charge is -2.18. The van der Waals surface area contributed by atoms with E-state index in [9.17, 15) is 0 Å². The van der Waals surface area contributed by atoms with Gasteiger partial charge in [-0.15, -0.1) is 6.58 Å². The van der Waals surface area contributed by atoms with E-state index in [1.165, 1.54) is 32.1 Å². The third-order valence-electron chi connectivity index (χ3n) is 3.28. The van der Waals surface area contributed by atoms with Crippen LogP contribution in [0.3, 0.4) is 0 Å². The quantitative estimate of drug-likeness (QED) is 0.640. The highest BCUT2D eigenvalue weighted by atomic mass is 14.9. The molecule has 1 aliphatic carbocycles. The zero-order chi connectivity index (χ0) is 10.4. The van der Waals surface area contributed by atoms with Gasteiger partial charge < -0.3 is 5.32 Å². The second-order valence-corrected chi connectivity index (χ2v) is 4.76. The van der Waals surface area contributed by atoms with E-state index in [0.29, 0.717) is 6.04 Å². The summed E-state index contributed by atoms with van der Waals surface area (Å²) in [4.78, 5) is 0. The van der Waals surface area contributed by atoms with Crippen molar-refractivity contribution < 1.29 is 0 Å². The van der Waals surface area contributed by atoms with Crippen molar-refractivity contribution in [1.82, 2.24) is 5.32 Å². The Labute approximate surface area is 89.0 Å². The fourth-order valence-electron chi connectivity index (χ4n) is 2.62. The molecule has 0 saturated heterocycles. The molecule has 0 heterocycles. The summed E-state index contributed by atoms with van der Waals surface area (Å²) in [6.07, 6.45) is 10.1. The monoisotopic (exact) mass is 195 g/mol. The van der Waals surface area contributed by atoms with Gasteiger partial charge in [0.1, 0.15) is 0 Å². The summed E-state index contributed by atoms with van der Waals surface area (Å²) in [5, 5.41) is 3.70. The molecule has 0 bridgehead atoms. The summed E-state index contributed by atoms with van der Waals surface area (Å²) < 4.78 is 0. The summed E-state index contributed by atoms with van der Waals surface area (Å²) in [6.45, 7) is 8.33. The molecule has 82 valence electrons. The predicted molar refractivity (Wildman–Crippen MR) is 63.4 cm³/mol. The SMILES string of the molecule is C=CCC(C)NC1CCC(CCC)C1. The van der Waals surface area contributed by atoms with Gasteiger partial charge in [-0.25, -0.2) is 0 Å². The van der Waals surface area contributed by atoms with Crippen LogP contribution in [-0.4, -0.2) is 12.1 Å². The molecule has 1 rings (SSSR count). The first-order valence-electron chi connectivity index (χ1n) is 6.13. The first-order chi connectivity index (χ1) is 6.76. The Morgan fingerprint density at radius 3 is 2.93 bits per heavy atom. The molecule has 1 N–H and O–H groups in total. The van der Waals surface area contributed by atoms with Crippen LogP contribution in [0.1, 0.15) is 52.4 Å². The van der Waals surface area contributed by atoms with Gasteiger partial charge >= 0.3 is 0 Å². The van der Waals surface area contributed by atoms with Crippen LogP contribution in [0.25, 0.3) is 0 Å². The average Bonchev–Trinajstić information content (AvgIpc) is 2.53. The Morgan fingerprint density at radius 1 is 1.50 bits per heavy atom. The van der Waals surface area contributed by atoms with E-state index in [-0.39, 0.29) is 0 Å². The van der Waals surface area contributed by atoms with Crippen molar-refractivity contribution in [2.75, 3.05) is 0 Å². The molecule has 1 nitrogen and oxygen atoms in total. The summed E-state index contributed by atoms with van der Waals surface area (Å²) in [6, 6.07) is 1.39. The van der Waals surface area contributed by atoms with E-state index in [0.717, 1.165) is 18.4 Å². The van der Waals surface area contributed by atoms with Crippen LogP contribution in [-0.2, 0) is 0 Å². The lowest BCUT2D eigenvalue weighted by atomic mass is 10.0. The molecule has 0 aromatic heterocycles. The largest absolute Gasteiger partial charge is 0.311 e. The summed E-state index contributed by atoms with van der Waals surface area (Å²) in [5.41, 5.74) is 0. The van der Waals surface area contributed by atoms with Gasteiger partial charge in [0.15, 0.2) is 0 Å². The molecule has 1 fully saturated rings. The van der Waals surface area contributed by atoms with E-state index < -0.39 is 0 Å². The van der Waals surface area contributed by atoms with Crippen molar-refractivity contribution in [3.8, 4) is 0 Å². The second-order valence-electron chi connectivity index (χ2n) is 4.76. The van der Waals surface area contributed by atoms with Gasteiger partial charge in [-0.05, 0) is 38.5 Å². The summed E-state index contributed by atoms with van der Waals surface area (Å²) in [7, 11) is 0. The third-order valence-corrected chi connectivity index (χ3v) is 3.28. The molecule has 1 saturated carbocycles. The minimum atomic E-state index is 0.609. The van der Waals surface area contributed by atoms with Gasteiger partial charge in [-0.1, -0.05) is 25.8 Å². The Kier molecular flexibility index (Phi) is 5.24. The van der Waals surface area contributed by atoms with E-state index in [1.807, 2.05) is 6.08 Å². The van der Waals surface area contributed by atoms with Gasteiger partial charge in [0.2, 0.25) is 0 Å². The molecule has 1 aliphatic rings. The first kappa shape index (κ1) is 11.8. The average molecular weight is 195 g/mol. The molecule has 0 spiro atoms. The standard InChI is InChI=1S/C13H25N/c1-4-6-11(3)14-13-9-8-12(10-13)7-5-2/h4,11-14H,1,5-10H2,2-3H3.